The van der Waals surface area contributed by atoms with Crippen molar-refractivity contribution in [3.63, 3.8) is 0 Å². The third-order valence-corrected chi connectivity index (χ3v) is 1.25. The first kappa shape index (κ1) is 5.30. The van der Waals surface area contributed by atoms with Crippen LogP contribution in [-0.4, -0.2) is 5.45 Å². The minimum Gasteiger partial charge on any atom is -0.375 e. The van der Waals surface area contributed by atoms with Gasteiger partial charge in [0.2, 0.25) is 0 Å². The van der Waals surface area contributed by atoms with Crippen molar-refractivity contribution in [3.8, 4) is 0 Å². The summed E-state index contributed by atoms with van der Waals surface area (Å²) in [6, 6.07) is 9.56. The number of rotatable bonds is 2. The van der Waals surface area contributed by atoms with E-state index in [-0.39, 0.29) is 0 Å². The molecule has 9 heavy (non-hydrogen) atoms. The molecule has 0 saturated carbocycles. The van der Waals surface area contributed by atoms with Crippen molar-refractivity contribution in [2.45, 2.75) is 0 Å². The fourth-order valence-electron chi connectivity index (χ4n) is 0.602. The predicted molar refractivity (Wildman–Crippen MR) is 43.9 cm³/mol. The van der Waals surface area contributed by atoms with Crippen LogP contribution in [0.1, 0.15) is 0 Å². The molecule has 0 spiro atoms. The summed E-state index contributed by atoms with van der Waals surface area (Å²) in [7, 11) is 0. The van der Waals surface area contributed by atoms with Gasteiger partial charge in [-0.05, 0) is 12.1 Å². The molecular weight excluding hydrogens is 178 g/mol. The number of nitrogens with one attached hydrogen (secondary N) is 1. The second kappa shape index (κ2) is 3.51. The first-order valence-corrected chi connectivity index (χ1v) is 3.84. The maximum Gasteiger partial charge on any atom is 0.161 e. The van der Waals surface area contributed by atoms with E-state index in [0.717, 1.165) is 5.69 Å². The van der Waals surface area contributed by atoms with E-state index in [9.17, 15) is 0 Å². The summed E-state index contributed by atoms with van der Waals surface area (Å²) in [5, 5.41) is 1.38. The Balaban J connectivity index is 2.75. The van der Waals surface area contributed by atoms with Crippen LogP contribution in [0.3, 0.4) is 0 Å². The van der Waals surface area contributed by atoms with Gasteiger partial charge in [-0.3, -0.25) is 0 Å². The predicted octanol–water partition coefficient (Wildman–Crippen LogP) is 2.45. The molecule has 0 unspecified atom stereocenters. The van der Waals surface area contributed by atoms with Gasteiger partial charge in [0, 0.05) is 5.69 Å². The maximum absolute atomic E-state index is 7.35. The molecule has 0 aromatic heterocycles. The van der Waals surface area contributed by atoms with Gasteiger partial charge in [-0.2, -0.15) is 0 Å². The van der Waals surface area contributed by atoms with Crippen LogP contribution in [0.5, 0.6) is 0 Å². The second-order valence-corrected chi connectivity index (χ2v) is 2.11. The van der Waals surface area contributed by atoms with Crippen LogP contribution >= 0.6 is 15.9 Å². The fourth-order valence-corrected chi connectivity index (χ4v) is 0.892. The van der Waals surface area contributed by atoms with Crippen LogP contribution in [0.25, 0.3) is 0 Å². The Morgan fingerprint density at radius 2 is 2.11 bits per heavy atom. The van der Waals surface area contributed by atoms with Gasteiger partial charge in [0.25, 0.3) is 0 Å². The Morgan fingerprint density at radius 1 is 1.44 bits per heavy atom. The van der Waals surface area contributed by atoms with Crippen molar-refractivity contribution in [3.05, 3.63) is 30.3 Å². The molecule has 1 rings (SSSR count). The molecule has 1 N–H and O–H groups in total. The summed E-state index contributed by atoms with van der Waals surface area (Å²) in [6.07, 6.45) is 0. The van der Waals surface area contributed by atoms with Crippen LogP contribution in [-0.2, 0) is 0 Å². The molecule has 0 fully saturated rings. The van der Waals surface area contributed by atoms with E-state index in [1.54, 1.807) is 0 Å². The first-order valence-electron chi connectivity index (χ1n) is 3.16. The molecular formula is C7H8BrN. The van der Waals surface area contributed by atoms with Gasteiger partial charge in [-0.15, -0.1) is 0 Å². The molecule has 1 nitrogen and oxygen atoms in total. The number of anilines is 1. The maximum atomic E-state index is 7.35. The lowest BCUT2D eigenvalue weighted by Crippen LogP contribution is -1.91. The van der Waals surface area contributed by atoms with Gasteiger partial charge in [0.05, 0.1) is 5.45 Å². The minimum absolute atomic E-state index is 0.539. The summed E-state index contributed by atoms with van der Waals surface area (Å²) >= 11 is 3.19. The molecule has 1 aromatic rings. The van der Waals surface area contributed by atoms with Gasteiger partial charge in [0.15, 0.2) is 1.41 Å². The van der Waals surface area contributed by atoms with E-state index in [0.29, 0.717) is 5.45 Å². The summed E-state index contributed by atoms with van der Waals surface area (Å²) in [4.78, 5) is 0. The van der Waals surface area contributed by atoms with Crippen molar-refractivity contribution in [1.82, 2.24) is 0 Å². The van der Waals surface area contributed by atoms with Crippen LogP contribution in [0.2, 0.25) is 1.41 Å². The average Bonchev–Trinajstić information content (AvgIpc) is 2.05. The SMILES string of the molecule is [3H]N(CBr)c1ccccc1. The summed E-state index contributed by atoms with van der Waals surface area (Å²) in [5.74, 6) is 0. The van der Waals surface area contributed by atoms with E-state index < -0.39 is 0 Å². The van der Waals surface area contributed by atoms with Crippen molar-refractivity contribution < 1.29 is 1.41 Å². The molecule has 0 aliphatic heterocycles. The highest BCUT2D eigenvalue weighted by atomic mass is 79.9. The molecule has 0 aliphatic rings. The number of hydrogen-bond acceptors (Lipinski definition) is 1. The summed E-state index contributed by atoms with van der Waals surface area (Å²) < 4.78 is 7.35. The molecule has 0 atom stereocenters. The average molecular weight is 188 g/mol. The lowest BCUT2D eigenvalue weighted by Gasteiger charge is -1.98. The van der Waals surface area contributed by atoms with Crippen molar-refractivity contribution >= 4 is 21.6 Å². The normalized spacial score (nSPS) is 10.6. The van der Waals surface area contributed by atoms with Gasteiger partial charge >= 0.3 is 0 Å². The number of halogens is 1. The summed E-state index contributed by atoms with van der Waals surface area (Å²) in [5.41, 5.74) is 1.44. The van der Waals surface area contributed by atoms with Gasteiger partial charge in [-0.1, -0.05) is 34.1 Å². The standard InChI is InChI=1S/C7H8BrN/c8-6-9-7-4-2-1-3-5-7/h1-5,9H,6H2/i/hT. The Hall–Kier alpha value is -0.500. The highest BCUT2D eigenvalue weighted by molar-refractivity contribution is 9.09. The Labute approximate surface area is 64.7 Å². The lowest BCUT2D eigenvalue weighted by atomic mass is 10.3. The van der Waals surface area contributed by atoms with E-state index in [1.807, 2.05) is 30.3 Å². The van der Waals surface area contributed by atoms with Gasteiger partial charge in [0.1, 0.15) is 0 Å². The van der Waals surface area contributed by atoms with E-state index in [2.05, 4.69) is 15.9 Å². The highest BCUT2D eigenvalue weighted by Gasteiger charge is 1.82. The number of alkyl halides is 1. The molecule has 48 valence electrons. The number of hydrogen-bond donors (Lipinski definition) is 1. The zero-order chi connectivity index (χ0) is 7.40. The molecule has 0 radical (unpaired) electrons. The smallest absolute Gasteiger partial charge is 0.161 e. The quantitative estimate of drug-likeness (QED) is 0.555. The third-order valence-electron chi connectivity index (χ3n) is 0.999. The highest BCUT2D eigenvalue weighted by Crippen LogP contribution is 2.04. The molecule has 1 aromatic carbocycles. The van der Waals surface area contributed by atoms with E-state index in [4.69, 9.17) is 1.41 Å². The second-order valence-electron chi connectivity index (χ2n) is 1.61. The monoisotopic (exact) mass is 187 g/mol. The molecule has 0 aliphatic carbocycles. The molecule has 0 heterocycles. The van der Waals surface area contributed by atoms with E-state index >= 15 is 0 Å². The van der Waals surface area contributed by atoms with E-state index in [1.165, 1.54) is 5.31 Å². The largest absolute Gasteiger partial charge is 0.375 e. The van der Waals surface area contributed by atoms with Crippen LogP contribution in [0, 0.1) is 0 Å². The van der Waals surface area contributed by atoms with Crippen molar-refractivity contribution in [2.24, 2.45) is 0 Å². The number of benzene rings is 1. The van der Waals surface area contributed by atoms with Crippen molar-refractivity contribution in [1.29, 1.82) is 0 Å². The molecule has 0 saturated heterocycles. The first-order chi connectivity index (χ1) is 4.84. The lowest BCUT2D eigenvalue weighted by molar-refractivity contribution is 1.48. The molecule has 0 amide bonds. The van der Waals surface area contributed by atoms with Gasteiger partial charge in [-0.25, -0.2) is 0 Å². The van der Waals surface area contributed by atoms with Crippen molar-refractivity contribution in [2.75, 3.05) is 10.8 Å². The van der Waals surface area contributed by atoms with Crippen LogP contribution in [0.15, 0.2) is 30.3 Å². The number of para-hydroxylation sites is 1. The Bertz CT molecular complexity index is 190. The minimum atomic E-state index is 0.539. The fraction of sp³-hybridized carbons (Fsp3) is 0.143. The zero-order valence-corrected chi connectivity index (χ0v) is 6.51. The topological polar surface area (TPSA) is 12.0 Å². The van der Waals surface area contributed by atoms with Crippen LogP contribution in [0.4, 0.5) is 5.69 Å². The Morgan fingerprint density at radius 3 is 2.67 bits per heavy atom. The summed E-state index contributed by atoms with van der Waals surface area (Å²) in [6.45, 7) is 0. The molecule has 0 bridgehead atoms. The Kier molecular flexibility index (Phi) is 2.07. The zero-order valence-electron chi connectivity index (χ0n) is 5.92. The third kappa shape index (κ3) is 2.06. The van der Waals surface area contributed by atoms with Gasteiger partial charge < -0.3 is 5.31 Å². The molecule has 2 heteroatoms. The van der Waals surface area contributed by atoms with Crippen LogP contribution < -0.4 is 5.31 Å².